The first-order chi connectivity index (χ1) is 12.7. The summed E-state index contributed by atoms with van der Waals surface area (Å²) in [4.78, 5) is 26.5. The number of nitrogens with zero attached hydrogens (tertiary/aromatic N) is 3. The molecule has 0 atom stereocenters. The van der Waals surface area contributed by atoms with E-state index in [0.717, 1.165) is 55.4 Å². The van der Waals surface area contributed by atoms with Crippen LogP contribution in [0.1, 0.15) is 49.9 Å². The molecule has 0 unspecified atom stereocenters. The molecule has 26 heavy (non-hydrogen) atoms. The monoisotopic (exact) mass is 376 g/mol. The van der Waals surface area contributed by atoms with E-state index in [2.05, 4.69) is 10.4 Å². The molecule has 2 aliphatic carbocycles. The normalized spacial score (nSPS) is 20.2. The minimum Gasteiger partial charge on any atom is -0.350 e. The molecule has 0 aromatic carbocycles. The minimum atomic E-state index is 0.0839. The van der Waals surface area contributed by atoms with Crippen molar-refractivity contribution in [1.29, 1.82) is 0 Å². The highest BCUT2D eigenvalue weighted by molar-refractivity contribution is 7.99. The highest BCUT2D eigenvalue weighted by Gasteiger charge is 2.30. The van der Waals surface area contributed by atoms with Crippen LogP contribution in [0.25, 0.3) is 0 Å². The lowest BCUT2D eigenvalue weighted by Gasteiger charge is -2.30. The predicted molar refractivity (Wildman–Crippen MR) is 101 cm³/mol. The minimum absolute atomic E-state index is 0.0839. The Morgan fingerprint density at radius 3 is 2.77 bits per heavy atom. The number of amides is 2. The largest absolute Gasteiger partial charge is 0.350 e. The van der Waals surface area contributed by atoms with E-state index >= 15 is 0 Å². The van der Waals surface area contributed by atoms with Gasteiger partial charge in [-0.1, -0.05) is 6.42 Å². The zero-order chi connectivity index (χ0) is 17.9. The van der Waals surface area contributed by atoms with Gasteiger partial charge in [0, 0.05) is 19.0 Å². The first-order valence-corrected chi connectivity index (χ1v) is 11.0. The quantitative estimate of drug-likeness (QED) is 0.792. The maximum absolute atomic E-state index is 12.6. The van der Waals surface area contributed by atoms with Crippen molar-refractivity contribution in [1.82, 2.24) is 20.0 Å². The average Bonchev–Trinajstić information content (AvgIpc) is 3.35. The molecule has 1 aromatic heterocycles. The van der Waals surface area contributed by atoms with E-state index in [1.165, 1.54) is 19.3 Å². The Kier molecular flexibility index (Phi) is 5.52. The topological polar surface area (TPSA) is 67.2 Å². The van der Waals surface area contributed by atoms with Crippen LogP contribution in [0.2, 0.25) is 0 Å². The van der Waals surface area contributed by atoms with Crippen molar-refractivity contribution in [3.63, 3.8) is 0 Å². The van der Waals surface area contributed by atoms with Gasteiger partial charge in [0.1, 0.15) is 0 Å². The number of hydrogen-bond donors (Lipinski definition) is 1. The van der Waals surface area contributed by atoms with Gasteiger partial charge in [0.05, 0.1) is 30.2 Å². The van der Waals surface area contributed by atoms with E-state index in [9.17, 15) is 9.59 Å². The van der Waals surface area contributed by atoms with Crippen LogP contribution in [0.5, 0.6) is 0 Å². The Morgan fingerprint density at radius 2 is 2.04 bits per heavy atom. The van der Waals surface area contributed by atoms with Crippen molar-refractivity contribution >= 4 is 23.6 Å². The van der Waals surface area contributed by atoms with Crippen LogP contribution in [0, 0.1) is 11.8 Å². The molecule has 0 saturated heterocycles. The second kappa shape index (κ2) is 8.03. The second-order valence-corrected chi connectivity index (χ2v) is 8.86. The summed E-state index contributed by atoms with van der Waals surface area (Å²) in [6.45, 7) is 2.78. The maximum Gasteiger partial charge on any atom is 0.230 e. The van der Waals surface area contributed by atoms with Crippen LogP contribution in [-0.2, 0) is 29.2 Å². The molecule has 2 fully saturated rings. The van der Waals surface area contributed by atoms with Crippen LogP contribution >= 0.6 is 11.8 Å². The van der Waals surface area contributed by atoms with Crippen LogP contribution in [0.3, 0.4) is 0 Å². The van der Waals surface area contributed by atoms with E-state index in [0.29, 0.717) is 24.7 Å². The van der Waals surface area contributed by atoms with E-state index in [-0.39, 0.29) is 11.8 Å². The third-order valence-corrected chi connectivity index (χ3v) is 6.75. The molecule has 0 bridgehead atoms. The standard InChI is InChI=1S/C19H28N4O2S/c24-18(13-26-12-14-5-6-14)20-10-16-9-17-11-22(7-2-8-23(17)21-16)19(25)15-3-1-4-15/h9,14-15H,1-8,10-13H2,(H,20,24). The van der Waals surface area contributed by atoms with Crippen molar-refractivity contribution in [2.75, 3.05) is 18.1 Å². The lowest BCUT2D eigenvalue weighted by Crippen LogP contribution is -2.38. The number of carbonyl (C=O) groups excluding carboxylic acids is 2. The first-order valence-electron chi connectivity index (χ1n) is 9.88. The van der Waals surface area contributed by atoms with Gasteiger partial charge in [-0.15, -0.1) is 0 Å². The van der Waals surface area contributed by atoms with Gasteiger partial charge in [0.2, 0.25) is 11.8 Å². The molecule has 2 amide bonds. The smallest absolute Gasteiger partial charge is 0.230 e. The zero-order valence-corrected chi connectivity index (χ0v) is 16.1. The summed E-state index contributed by atoms with van der Waals surface area (Å²) >= 11 is 1.73. The molecular formula is C19H28N4O2S. The summed E-state index contributed by atoms with van der Waals surface area (Å²) in [5.74, 6) is 3.14. The van der Waals surface area contributed by atoms with E-state index in [1.54, 1.807) is 11.8 Å². The second-order valence-electron chi connectivity index (χ2n) is 7.83. The first kappa shape index (κ1) is 17.9. The van der Waals surface area contributed by atoms with Gasteiger partial charge in [-0.2, -0.15) is 16.9 Å². The number of nitrogens with one attached hydrogen (secondary N) is 1. The van der Waals surface area contributed by atoms with Crippen LogP contribution in [0.15, 0.2) is 6.07 Å². The van der Waals surface area contributed by atoms with Crippen molar-refractivity contribution in [2.45, 2.75) is 58.2 Å². The van der Waals surface area contributed by atoms with Gasteiger partial charge in [-0.3, -0.25) is 14.3 Å². The fraction of sp³-hybridized carbons (Fsp3) is 0.737. The molecule has 4 rings (SSSR count). The molecule has 142 valence electrons. The Hall–Kier alpha value is -1.50. The summed E-state index contributed by atoms with van der Waals surface area (Å²) in [5.41, 5.74) is 1.97. The van der Waals surface area contributed by atoms with Crippen molar-refractivity contribution in [2.24, 2.45) is 11.8 Å². The molecule has 2 heterocycles. The average molecular weight is 377 g/mol. The van der Waals surface area contributed by atoms with Crippen LogP contribution in [-0.4, -0.2) is 44.5 Å². The number of aryl methyl sites for hydroxylation is 1. The molecule has 7 heteroatoms. The Morgan fingerprint density at radius 1 is 1.19 bits per heavy atom. The number of rotatable bonds is 7. The fourth-order valence-electron chi connectivity index (χ4n) is 3.55. The third-order valence-electron chi connectivity index (χ3n) is 5.58. The summed E-state index contributed by atoms with van der Waals surface area (Å²) in [6.07, 6.45) is 6.88. The highest BCUT2D eigenvalue weighted by atomic mass is 32.2. The fourth-order valence-corrected chi connectivity index (χ4v) is 4.62. The number of thioether (sulfide) groups is 1. The van der Waals surface area contributed by atoms with Crippen molar-refractivity contribution in [3.05, 3.63) is 17.5 Å². The molecule has 1 N–H and O–H groups in total. The van der Waals surface area contributed by atoms with E-state index in [1.807, 2.05) is 15.6 Å². The Bertz CT molecular complexity index is 666. The van der Waals surface area contributed by atoms with Crippen LogP contribution < -0.4 is 5.32 Å². The zero-order valence-electron chi connectivity index (χ0n) is 15.3. The molecular weight excluding hydrogens is 348 g/mol. The third kappa shape index (κ3) is 4.42. The molecule has 6 nitrogen and oxygen atoms in total. The van der Waals surface area contributed by atoms with Crippen molar-refractivity contribution < 1.29 is 9.59 Å². The predicted octanol–water partition coefficient (Wildman–Crippen LogP) is 2.17. The highest BCUT2D eigenvalue weighted by Crippen LogP contribution is 2.32. The molecule has 0 radical (unpaired) electrons. The maximum atomic E-state index is 12.6. The summed E-state index contributed by atoms with van der Waals surface area (Å²) in [6, 6.07) is 2.05. The van der Waals surface area contributed by atoms with E-state index < -0.39 is 0 Å². The number of aromatic nitrogens is 2. The summed E-state index contributed by atoms with van der Waals surface area (Å²) < 4.78 is 2.01. The van der Waals surface area contributed by atoms with Gasteiger partial charge in [0.25, 0.3) is 0 Å². The van der Waals surface area contributed by atoms with E-state index in [4.69, 9.17) is 0 Å². The van der Waals surface area contributed by atoms with Crippen LogP contribution in [0.4, 0.5) is 0 Å². The van der Waals surface area contributed by atoms with Crippen molar-refractivity contribution in [3.8, 4) is 0 Å². The Balaban J connectivity index is 1.28. The number of carbonyl (C=O) groups is 2. The lowest BCUT2D eigenvalue weighted by atomic mass is 9.84. The van der Waals surface area contributed by atoms with Gasteiger partial charge in [-0.05, 0) is 49.8 Å². The molecule has 1 aliphatic heterocycles. The van der Waals surface area contributed by atoms with Gasteiger partial charge < -0.3 is 10.2 Å². The number of hydrogen-bond acceptors (Lipinski definition) is 4. The van der Waals surface area contributed by atoms with Gasteiger partial charge >= 0.3 is 0 Å². The van der Waals surface area contributed by atoms with Gasteiger partial charge in [-0.25, -0.2) is 0 Å². The number of fused-ring (bicyclic) bond motifs is 1. The summed E-state index contributed by atoms with van der Waals surface area (Å²) in [7, 11) is 0. The SMILES string of the molecule is O=C(CSCC1CC1)NCc1cc2n(n1)CCCN(C(=O)C1CCC1)C2. The van der Waals surface area contributed by atoms with Gasteiger partial charge in [0.15, 0.2) is 0 Å². The summed E-state index contributed by atoms with van der Waals surface area (Å²) in [5, 5.41) is 7.60. The molecule has 3 aliphatic rings. The lowest BCUT2D eigenvalue weighted by molar-refractivity contribution is -0.138. The molecule has 1 aromatic rings. The molecule has 0 spiro atoms. The molecule has 2 saturated carbocycles. The Labute approximate surface area is 159 Å².